The van der Waals surface area contributed by atoms with Crippen molar-refractivity contribution in [3.63, 3.8) is 0 Å². The van der Waals surface area contributed by atoms with Gasteiger partial charge in [0.1, 0.15) is 12.0 Å². The summed E-state index contributed by atoms with van der Waals surface area (Å²) in [7, 11) is 0. The highest BCUT2D eigenvalue weighted by atomic mass is 16.3. The highest BCUT2D eigenvalue weighted by Crippen LogP contribution is 2.27. The van der Waals surface area contributed by atoms with E-state index < -0.39 is 0 Å². The first-order chi connectivity index (χ1) is 11.7. The number of aliphatic hydroxyl groups excluding tert-OH is 1. The fourth-order valence-electron chi connectivity index (χ4n) is 3.55. The molecule has 3 heterocycles. The topological polar surface area (TPSA) is 65.0 Å². The van der Waals surface area contributed by atoms with Crippen LogP contribution in [0.25, 0.3) is 22.3 Å². The van der Waals surface area contributed by atoms with Gasteiger partial charge in [0, 0.05) is 29.7 Å². The molecule has 1 aliphatic heterocycles. The van der Waals surface area contributed by atoms with Gasteiger partial charge in [-0.25, -0.2) is 9.97 Å². The van der Waals surface area contributed by atoms with Crippen LogP contribution in [-0.2, 0) is 6.54 Å². The molecule has 0 saturated carbocycles. The second kappa shape index (κ2) is 6.34. The van der Waals surface area contributed by atoms with Crippen LogP contribution in [0, 0.1) is 6.92 Å². The molecule has 3 aromatic rings. The van der Waals surface area contributed by atoms with Crippen LogP contribution in [0.3, 0.4) is 0 Å². The molecule has 1 unspecified atom stereocenters. The Hall–Kier alpha value is -2.24. The molecule has 124 valence electrons. The normalized spacial score (nSPS) is 19.0. The number of rotatable bonds is 3. The average molecular weight is 322 g/mol. The maximum absolute atomic E-state index is 9.85. The van der Waals surface area contributed by atoms with Gasteiger partial charge in [-0.3, -0.25) is 4.90 Å². The first kappa shape index (κ1) is 15.3. The molecule has 0 aliphatic carbocycles. The molecule has 0 amide bonds. The predicted molar refractivity (Wildman–Crippen MR) is 94.6 cm³/mol. The number of nitrogens with one attached hydrogen (secondary N) is 1. The maximum atomic E-state index is 9.85. The van der Waals surface area contributed by atoms with E-state index in [0.29, 0.717) is 0 Å². The maximum Gasteiger partial charge on any atom is 0.141 e. The van der Waals surface area contributed by atoms with Crippen LogP contribution in [0.15, 0.2) is 36.7 Å². The molecule has 5 nitrogen and oxygen atoms in total. The quantitative estimate of drug-likeness (QED) is 0.778. The largest absolute Gasteiger partial charge is 0.392 e. The Morgan fingerprint density at radius 3 is 3.08 bits per heavy atom. The molecule has 5 heteroatoms. The number of H-pyrrole nitrogens is 1. The number of benzene rings is 1. The van der Waals surface area contributed by atoms with Crippen molar-refractivity contribution in [3.05, 3.63) is 47.9 Å². The summed E-state index contributed by atoms with van der Waals surface area (Å²) in [6.07, 6.45) is 3.41. The van der Waals surface area contributed by atoms with Gasteiger partial charge >= 0.3 is 0 Å². The van der Waals surface area contributed by atoms with Crippen molar-refractivity contribution in [2.45, 2.75) is 32.4 Å². The van der Waals surface area contributed by atoms with Crippen molar-refractivity contribution in [2.24, 2.45) is 0 Å². The highest BCUT2D eigenvalue weighted by Gasteiger charge is 2.18. The van der Waals surface area contributed by atoms with E-state index in [9.17, 15) is 5.11 Å². The van der Waals surface area contributed by atoms with Crippen LogP contribution in [0.4, 0.5) is 0 Å². The van der Waals surface area contributed by atoms with Crippen LogP contribution >= 0.6 is 0 Å². The number of piperidine rings is 1. The molecular weight excluding hydrogens is 300 g/mol. The summed E-state index contributed by atoms with van der Waals surface area (Å²) >= 11 is 0. The number of β-amino-alcohol motifs (C(OH)–C–C–N with tert-alkyl or cyclic N) is 1. The van der Waals surface area contributed by atoms with E-state index in [4.69, 9.17) is 0 Å². The van der Waals surface area contributed by atoms with Gasteiger partial charge in [-0.2, -0.15) is 0 Å². The first-order valence-corrected chi connectivity index (χ1v) is 8.49. The summed E-state index contributed by atoms with van der Waals surface area (Å²) in [6, 6.07) is 10.6. The zero-order valence-electron chi connectivity index (χ0n) is 13.9. The van der Waals surface area contributed by atoms with Gasteiger partial charge in [-0.1, -0.05) is 18.2 Å². The molecule has 0 radical (unpaired) electrons. The Labute approximate surface area is 141 Å². The number of aliphatic hydroxyl groups is 1. The summed E-state index contributed by atoms with van der Waals surface area (Å²) in [6.45, 7) is 4.71. The van der Waals surface area contributed by atoms with E-state index in [1.54, 1.807) is 6.33 Å². The van der Waals surface area contributed by atoms with Crippen LogP contribution in [0.2, 0.25) is 0 Å². The van der Waals surface area contributed by atoms with Gasteiger partial charge in [-0.05, 0) is 44.0 Å². The molecule has 1 atom stereocenters. The molecule has 2 aromatic heterocycles. The molecule has 1 saturated heterocycles. The Morgan fingerprint density at radius 1 is 1.29 bits per heavy atom. The van der Waals surface area contributed by atoms with E-state index >= 15 is 0 Å². The fraction of sp³-hybridized carbons (Fsp3) is 0.368. The summed E-state index contributed by atoms with van der Waals surface area (Å²) < 4.78 is 0. The molecule has 2 N–H and O–H groups in total. The highest BCUT2D eigenvalue weighted by molar-refractivity contribution is 5.91. The van der Waals surface area contributed by atoms with Crippen LogP contribution < -0.4 is 0 Å². The van der Waals surface area contributed by atoms with Crippen molar-refractivity contribution in [2.75, 3.05) is 13.1 Å². The predicted octanol–water partition coefficient (Wildman–Crippen LogP) is 2.89. The summed E-state index contributed by atoms with van der Waals surface area (Å²) in [5, 5.41) is 10.9. The lowest BCUT2D eigenvalue weighted by Gasteiger charge is -2.30. The Kier molecular flexibility index (Phi) is 4.04. The van der Waals surface area contributed by atoms with Gasteiger partial charge in [0.25, 0.3) is 0 Å². The van der Waals surface area contributed by atoms with Crippen molar-refractivity contribution < 1.29 is 5.11 Å². The van der Waals surface area contributed by atoms with Gasteiger partial charge < -0.3 is 10.1 Å². The molecular formula is C19H22N4O. The minimum atomic E-state index is -0.189. The number of aryl methyl sites for hydroxylation is 1. The number of aromatic amines is 1. The van der Waals surface area contributed by atoms with Crippen LogP contribution in [0.1, 0.15) is 24.1 Å². The third-order valence-electron chi connectivity index (χ3n) is 4.65. The second-order valence-electron chi connectivity index (χ2n) is 6.67. The molecule has 0 spiro atoms. The standard InChI is InChI=1S/C19H22N4O/c1-13-8-17-18(20-12-21-19(17)22-13)15-5-2-4-14(9-15)10-23-7-3-6-16(24)11-23/h2,4-5,8-9,12,16,24H,3,6-7,10-11H2,1H3,(H,20,21,22). The number of hydrogen-bond donors (Lipinski definition) is 2. The molecule has 1 aliphatic rings. The summed E-state index contributed by atoms with van der Waals surface area (Å²) in [5.41, 5.74) is 5.29. The van der Waals surface area contributed by atoms with E-state index in [1.807, 2.05) is 6.92 Å². The van der Waals surface area contributed by atoms with Gasteiger partial charge in [0.2, 0.25) is 0 Å². The van der Waals surface area contributed by atoms with Crippen LogP contribution in [0.5, 0.6) is 0 Å². The van der Waals surface area contributed by atoms with E-state index in [0.717, 1.165) is 60.5 Å². The Balaban J connectivity index is 1.64. The molecule has 1 aromatic carbocycles. The lowest BCUT2D eigenvalue weighted by atomic mass is 10.0. The number of fused-ring (bicyclic) bond motifs is 1. The monoisotopic (exact) mass is 322 g/mol. The van der Waals surface area contributed by atoms with Gasteiger partial charge in [-0.15, -0.1) is 0 Å². The van der Waals surface area contributed by atoms with Crippen LogP contribution in [-0.4, -0.2) is 44.2 Å². The third kappa shape index (κ3) is 3.05. The average Bonchev–Trinajstić information content (AvgIpc) is 2.95. The first-order valence-electron chi connectivity index (χ1n) is 8.49. The minimum absolute atomic E-state index is 0.189. The zero-order valence-corrected chi connectivity index (χ0v) is 13.9. The summed E-state index contributed by atoms with van der Waals surface area (Å²) in [5.74, 6) is 0. The molecule has 1 fully saturated rings. The molecule has 0 bridgehead atoms. The minimum Gasteiger partial charge on any atom is -0.392 e. The second-order valence-corrected chi connectivity index (χ2v) is 6.67. The van der Waals surface area contributed by atoms with E-state index in [-0.39, 0.29) is 6.10 Å². The number of likely N-dealkylation sites (tertiary alicyclic amines) is 1. The molecule has 4 rings (SSSR count). The Morgan fingerprint density at radius 2 is 2.21 bits per heavy atom. The van der Waals surface area contributed by atoms with E-state index in [1.165, 1.54) is 5.56 Å². The van der Waals surface area contributed by atoms with Crippen molar-refractivity contribution in [1.82, 2.24) is 19.9 Å². The molecule has 24 heavy (non-hydrogen) atoms. The number of hydrogen-bond acceptors (Lipinski definition) is 4. The van der Waals surface area contributed by atoms with Gasteiger partial charge in [0.15, 0.2) is 0 Å². The fourth-order valence-corrected chi connectivity index (χ4v) is 3.55. The van der Waals surface area contributed by atoms with Crippen molar-refractivity contribution >= 4 is 11.0 Å². The lowest BCUT2D eigenvalue weighted by Crippen LogP contribution is -2.37. The third-order valence-corrected chi connectivity index (χ3v) is 4.65. The van der Waals surface area contributed by atoms with E-state index in [2.05, 4.69) is 50.2 Å². The Bertz CT molecular complexity index is 857. The number of aromatic nitrogens is 3. The zero-order chi connectivity index (χ0) is 16.5. The lowest BCUT2D eigenvalue weighted by molar-refractivity contribution is 0.0668. The number of nitrogens with zero attached hydrogens (tertiary/aromatic N) is 3. The van der Waals surface area contributed by atoms with Crippen molar-refractivity contribution in [1.29, 1.82) is 0 Å². The van der Waals surface area contributed by atoms with Gasteiger partial charge in [0.05, 0.1) is 11.8 Å². The smallest absolute Gasteiger partial charge is 0.141 e. The summed E-state index contributed by atoms with van der Waals surface area (Å²) in [4.78, 5) is 14.4. The SMILES string of the molecule is Cc1cc2c(-c3cccc(CN4CCCC(O)C4)c3)ncnc2[nH]1. The van der Waals surface area contributed by atoms with Crippen molar-refractivity contribution in [3.8, 4) is 11.3 Å².